The van der Waals surface area contributed by atoms with Crippen LogP contribution in [0.25, 0.3) is 0 Å². The molecule has 1 aliphatic heterocycles. The smallest absolute Gasteiger partial charge is 0.254 e. The largest absolute Gasteiger partial charge is 0.362 e. The number of carbonyl (C=O) groups is 2. The van der Waals surface area contributed by atoms with Crippen molar-refractivity contribution in [1.82, 2.24) is 5.32 Å². The summed E-state index contributed by atoms with van der Waals surface area (Å²) < 4.78 is 13.2. The van der Waals surface area contributed by atoms with Crippen molar-refractivity contribution in [3.05, 3.63) is 87.5 Å². The van der Waals surface area contributed by atoms with E-state index < -0.39 is 5.92 Å². The standard InChI is InChI=1S/C23H20ClFN2O2/c1-13-20(23(29)27-17-11-9-16(25)10-12-17)21(14-5-7-15(24)8-6-14)22-18(26-13)3-2-4-19(22)28/h5-12,21,26H,2-4H2,1H3,(H,27,29). The Hall–Kier alpha value is -2.92. The second-order valence-corrected chi connectivity index (χ2v) is 7.71. The molecular weight excluding hydrogens is 391 g/mol. The van der Waals surface area contributed by atoms with E-state index >= 15 is 0 Å². The molecule has 4 rings (SSSR count). The van der Waals surface area contributed by atoms with E-state index in [1.165, 1.54) is 24.3 Å². The maximum Gasteiger partial charge on any atom is 0.254 e. The lowest BCUT2D eigenvalue weighted by Gasteiger charge is -2.34. The van der Waals surface area contributed by atoms with Crippen molar-refractivity contribution in [1.29, 1.82) is 0 Å². The Labute approximate surface area is 173 Å². The van der Waals surface area contributed by atoms with Crippen LogP contribution >= 0.6 is 11.6 Å². The molecule has 0 bridgehead atoms. The molecule has 148 valence electrons. The minimum absolute atomic E-state index is 0.0540. The number of hydrogen-bond donors (Lipinski definition) is 2. The molecule has 1 unspecified atom stereocenters. The van der Waals surface area contributed by atoms with Crippen molar-refractivity contribution in [2.45, 2.75) is 32.1 Å². The van der Waals surface area contributed by atoms with E-state index in [2.05, 4.69) is 10.6 Å². The van der Waals surface area contributed by atoms with Crippen LogP contribution in [0.1, 0.15) is 37.7 Å². The first-order valence-corrected chi connectivity index (χ1v) is 9.88. The average Bonchev–Trinajstić information content (AvgIpc) is 2.69. The van der Waals surface area contributed by atoms with Crippen LogP contribution < -0.4 is 10.6 Å². The molecule has 1 atom stereocenters. The SMILES string of the molecule is CC1=C(C(=O)Nc2ccc(F)cc2)C(c2ccc(Cl)cc2)C2=C(CCCC2=O)N1. The summed E-state index contributed by atoms with van der Waals surface area (Å²) in [5.74, 6) is -1.12. The van der Waals surface area contributed by atoms with Gasteiger partial charge in [-0.05, 0) is 61.7 Å². The molecular formula is C23H20ClFN2O2. The van der Waals surface area contributed by atoms with Gasteiger partial charge in [0.1, 0.15) is 5.82 Å². The van der Waals surface area contributed by atoms with Gasteiger partial charge in [0, 0.05) is 45.6 Å². The molecule has 4 nitrogen and oxygen atoms in total. The predicted molar refractivity (Wildman–Crippen MR) is 111 cm³/mol. The van der Waals surface area contributed by atoms with Crippen molar-refractivity contribution in [2.75, 3.05) is 5.32 Å². The van der Waals surface area contributed by atoms with Crippen LogP contribution in [-0.4, -0.2) is 11.7 Å². The molecule has 0 radical (unpaired) electrons. The first-order valence-electron chi connectivity index (χ1n) is 9.50. The summed E-state index contributed by atoms with van der Waals surface area (Å²) in [6.45, 7) is 1.84. The van der Waals surface area contributed by atoms with Crippen LogP contribution in [-0.2, 0) is 9.59 Å². The summed E-state index contributed by atoms with van der Waals surface area (Å²) in [6, 6.07) is 12.8. The topological polar surface area (TPSA) is 58.2 Å². The Balaban J connectivity index is 1.77. The number of rotatable bonds is 3. The number of ketones is 1. The first-order chi connectivity index (χ1) is 13.9. The van der Waals surface area contributed by atoms with Crippen LogP contribution in [0.15, 0.2) is 71.1 Å². The van der Waals surface area contributed by atoms with Gasteiger partial charge < -0.3 is 10.6 Å². The number of Topliss-reactive ketones (excluding diaryl/α,β-unsaturated/α-hetero) is 1. The maximum absolute atomic E-state index is 13.2. The fraction of sp³-hybridized carbons (Fsp3) is 0.217. The number of anilines is 1. The zero-order valence-corrected chi connectivity index (χ0v) is 16.6. The number of carbonyl (C=O) groups excluding carboxylic acids is 2. The Bertz CT molecular complexity index is 1040. The Kier molecular flexibility index (Phi) is 5.24. The van der Waals surface area contributed by atoms with Crippen LogP contribution in [0, 0.1) is 5.82 Å². The van der Waals surface area contributed by atoms with Crippen LogP contribution in [0.4, 0.5) is 10.1 Å². The molecule has 0 aromatic heterocycles. The van der Waals surface area contributed by atoms with Gasteiger partial charge in [0.2, 0.25) is 0 Å². The zero-order chi connectivity index (χ0) is 20.5. The molecule has 1 amide bonds. The number of nitrogens with one attached hydrogen (secondary N) is 2. The van der Waals surface area contributed by atoms with Gasteiger partial charge in [-0.3, -0.25) is 9.59 Å². The van der Waals surface area contributed by atoms with Gasteiger partial charge in [-0.1, -0.05) is 23.7 Å². The van der Waals surface area contributed by atoms with E-state index in [0.29, 0.717) is 34.0 Å². The third-order valence-corrected chi connectivity index (χ3v) is 5.58. The summed E-state index contributed by atoms with van der Waals surface area (Å²) in [7, 11) is 0. The molecule has 2 aromatic rings. The van der Waals surface area contributed by atoms with Crippen LogP contribution in [0.5, 0.6) is 0 Å². The van der Waals surface area contributed by atoms with Crippen molar-refractivity contribution >= 4 is 29.0 Å². The van der Waals surface area contributed by atoms with Crippen molar-refractivity contribution in [3.8, 4) is 0 Å². The lowest BCUT2D eigenvalue weighted by molar-refractivity contribution is -0.116. The molecule has 2 N–H and O–H groups in total. The molecule has 1 heterocycles. The quantitative estimate of drug-likeness (QED) is 0.741. The van der Waals surface area contributed by atoms with Crippen molar-refractivity contribution in [3.63, 3.8) is 0 Å². The Morgan fingerprint density at radius 2 is 1.79 bits per heavy atom. The number of hydrogen-bond acceptors (Lipinski definition) is 3. The first kappa shape index (κ1) is 19.4. The Morgan fingerprint density at radius 1 is 1.10 bits per heavy atom. The minimum Gasteiger partial charge on any atom is -0.362 e. The number of benzene rings is 2. The number of allylic oxidation sites excluding steroid dienone is 3. The van der Waals surface area contributed by atoms with Gasteiger partial charge in [-0.15, -0.1) is 0 Å². The highest BCUT2D eigenvalue weighted by Crippen LogP contribution is 2.42. The molecule has 6 heteroatoms. The molecule has 0 saturated heterocycles. The van der Waals surface area contributed by atoms with Crippen molar-refractivity contribution < 1.29 is 14.0 Å². The lowest BCUT2D eigenvalue weighted by Crippen LogP contribution is -2.35. The van der Waals surface area contributed by atoms with E-state index in [9.17, 15) is 14.0 Å². The fourth-order valence-corrected chi connectivity index (χ4v) is 4.13. The van der Waals surface area contributed by atoms with E-state index in [-0.39, 0.29) is 17.5 Å². The van der Waals surface area contributed by atoms with E-state index in [4.69, 9.17) is 11.6 Å². The van der Waals surface area contributed by atoms with E-state index in [1.54, 1.807) is 12.1 Å². The molecule has 2 aromatic carbocycles. The highest BCUT2D eigenvalue weighted by molar-refractivity contribution is 6.30. The highest BCUT2D eigenvalue weighted by atomic mass is 35.5. The van der Waals surface area contributed by atoms with Gasteiger partial charge in [0.05, 0.1) is 0 Å². The summed E-state index contributed by atoms with van der Waals surface area (Å²) in [6.07, 6.45) is 2.04. The Morgan fingerprint density at radius 3 is 2.48 bits per heavy atom. The molecule has 2 aliphatic rings. The van der Waals surface area contributed by atoms with Gasteiger partial charge in [0.15, 0.2) is 5.78 Å². The summed E-state index contributed by atoms with van der Waals surface area (Å²) in [5, 5.41) is 6.69. The summed E-state index contributed by atoms with van der Waals surface area (Å²) >= 11 is 6.05. The van der Waals surface area contributed by atoms with E-state index in [1.807, 2.05) is 19.1 Å². The van der Waals surface area contributed by atoms with Crippen molar-refractivity contribution in [2.24, 2.45) is 0 Å². The zero-order valence-electron chi connectivity index (χ0n) is 15.9. The predicted octanol–water partition coefficient (Wildman–Crippen LogP) is 5.09. The number of amides is 1. The summed E-state index contributed by atoms with van der Waals surface area (Å²) in [4.78, 5) is 26.1. The normalized spacial score (nSPS) is 19.0. The fourth-order valence-electron chi connectivity index (χ4n) is 4.00. The second-order valence-electron chi connectivity index (χ2n) is 7.28. The van der Waals surface area contributed by atoms with Gasteiger partial charge in [0.25, 0.3) is 5.91 Å². The number of dihydropyridines is 1. The highest BCUT2D eigenvalue weighted by Gasteiger charge is 2.38. The third-order valence-electron chi connectivity index (χ3n) is 5.33. The molecule has 0 saturated carbocycles. The average molecular weight is 411 g/mol. The van der Waals surface area contributed by atoms with Gasteiger partial charge in [-0.25, -0.2) is 4.39 Å². The molecule has 1 aliphatic carbocycles. The second kappa shape index (κ2) is 7.84. The van der Waals surface area contributed by atoms with Gasteiger partial charge in [-0.2, -0.15) is 0 Å². The molecule has 0 spiro atoms. The lowest BCUT2D eigenvalue weighted by atomic mass is 9.75. The molecule has 0 fully saturated rings. The minimum atomic E-state index is -0.475. The third kappa shape index (κ3) is 3.83. The van der Waals surface area contributed by atoms with Crippen LogP contribution in [0.2, 0.25) is 5.02 Å². The van der Waals surface area contributed by atoms with Crippen LogP contribution in [0.3, 0.4) is 0 Å². The monoisotopic (exact) mass is 410 g/mol. The summed E-state index contributed by atoms with van der Waals surface area (Å²) in [5.41, 5.74) is 4.04. The van der Waals surface area contributed by atoms with E-state index in [0.717, 1.165) is 24.1 Å². The molecule has 29 heavy (non-hydrogen) atoms. The maximum atomic E-state index is 13.2. The number of halogens is 2. The van der Waals surface area contributed by atoms with Gasteiger partial charge >= 0.3 is 0 Å².